The summed E-state index contributed by atoms with van der Waals surface area (Å²) in [5.41, 5.74) is 6.30. The number of terminal acetylenes is 1. The molecule has 134 valence electrons. The third-order valence-electron chi connectivity index (χ3n) is 4.75. The van der Waals surface area contributed by atoms with E-state index < -0.39 is 8.07 Å². The van der Waals surface area contributed by atoms with Crippen LogP contribution in [0.2, 0.25) is 16.6 Å². The normalized spacial score (nSPS) is 11.8. The molecule has 24 heavy (non-hydrogen) atoms. The molecule has 0 aliphatic rings. The molecule has 0 aromatic heterocycles. The summed E-state index contributed by atoms with van der Waals surface area (Å²) in [4.78, 5) is 0. The maximum absolute atomic E-state index is 12.5. The largest absolute Gasteiger partial charge is 0.207 e. The molecule has 0 bridgehead atoms. The number of rotatable bonds is 6. The van der Waals surface area contributed by atoms with Crippen LogP contribution in [0, 0.1) is 17.8 Å². The monoisotopic (exact) mass is 346 g/mol. The number of benzene rings is 1. The van der Waals surface area contributed by atoms with Crippen LogP contribution in [0.15, 0.2) is 30.3 Å². The van der Waals surface area contributed by atoms with Gasteiger partial charge in [0.15, 0.2) is 0 Å². The Hall–Kier alpha value is -1.33. The van der Waals surface area contributed by atoms with Gasteiger partial charge in [-0.05, 0) is 40.7 Å². The van der Waals surface area contributed by atoms with E-state index in [9.17, 15) is 4.39 Å². The molecule has 0 radical (unpaired) electrons. The van der Waals surface area contributed by atoms with Crippen LogP contribution >= 0.6 is 0 Å². The Morgan fingerprint density at radius 2 is 1.46 bits per heavy atom. The van der Waals surface area contributed by atoms with Gasteiger partial charge < -0.3 is 0 Å². The van der Waals surface area contributed by atoms with Gasteiger partial charge in [-0.15, -0.1) is 12.0 Å². The summed E-state index contributed by atoms with van der Waals surface area (Å²) in [5, 5.41) is 0. The minimum atomic E-state index is -1.47. The molecule has 1 rings (SSSR count). The van der Waals surface area contributed by atoms with Crippen molar-refractivity contribution in [2.75, 3.05) is 0 Å². The molecule has 0 N–H and O–H groups in total. The lowest BCUT2D eigenvalue weighted by Gasteiger charge is -2.37. The van der Waals surface area contributed by atoms with Crippen molar-refractivity contribution >= 4 is 14.1 Å². The number of hydrogen-bond acceptors (Lipinski definition) is 0. The van der Waals surface area contributed by atoms with Crippen molar-refractivity contribution in [1.29, 1.82) is 0 Å². The van der Waals surface area contributed by atoms with E-state index in [1.54, 1.807) is 12.1 Å². The molecule has 0 aliphatic carbocycles. The van der Waals surface area contributed by atoms with Crippen LogP contribution in [0.5, 0.6) is 0 Å². The van der Waals surface area contributed by atoms with E-state index in [0.717, 1.165) is 18.4 Å². The second kappa shape index (κ2) is 11.3. The topological polar surface area (TPSA) is 0 Å². The summed E-state index contributed by atoms with van der Waals surface area (Å²) in [6.45, 7) is 15.8. The smallest absolute Gasteiger partial charge is 0.145 e. The molecular weight excluding hydrogens is 311 g/mol. The fourth-order valence-corrected chi connectivity index (χ4v) is 8.46. The highest BCUT2D eigenvalue weighted by molar-refractivity contribution is 6.90. The van der Waals surface area contributed by atoms with Crippen LogP contribution in [0.1, 0.15) is 66.9 Å². The predicted molar refractivity (Wildman–Crippen MR) is 110 cm³/mol. The lowest BCUT2D eigenvalue weighted by molar-refractivity contribution is 0.628. The van der Waals surface area contributed by atoms with Gasteiger partial charge in [-0.25, -0.2) is 4.39 Å². The summed E-state index contributed by atoms with van der Waals surface area (Å²) in [6.07, 6.45) is 12.1. The molecular formula is C22H35FSi. The van der Waals surface area contributed by atoms with E-state index in [0.29, 0.717) is 16.6 Å². The average Bonchev–Trinajstić information content (AvgIpc) is 2.50. The van der Waals surface area contributed by atoms with Crippen molar-refractivity contribution in [2.45, 2.75) is 77.9 Å². The summed E-state index contributed by atoms with van der Waals surface area (Å²) < 4.78 is 12.5. The third-order valence-corrected chi connectivity index (χ3v) is 11.0. The van der Waals surface area contributed by atoms with Gasteiger partial charge in [0.25, 0.3) is 0 Å². The van der Waals surface area contributed by atoms with Gasteiger partial charge >= 0.3 is 0 Å². The Morgan fingerprint density at radius 3 is 1.75 bits per heavy atom. The van der Waals surface area contributed by atoms with Gasteiger partial charge in [-0.3, -0.25) is 0 Å². The van der Waals surface area contributed by atoms with Gasteiger partial charge in [0.1, 0.15) is 13.9 Å². The van der Waals surface area contributed by atoms with E-state index in [-0.39, 0.29) is 5.82 Å². The van der Waals surface area contributed by atoms with Crippen molar-refractivity contribution in [1.82, 2.24) is 0 Å². The van der Waals surface area contributed by atoms with Crippen molar-refractivity contribution in [2.24, 2.45) is 0 Å². The van der Waals surface area contributed by atoms with Gasteiger partial charge in [0.05, 0.1) is 0 Å². The van der Waals surface area contributed by atoms with Crippen LogP contribution in [0.4, 0.5) is 4.39 Å². The number of halogens is 1. The van der Waals surface area contributed by atoms with Gasteiger partial charge in [-0.2, -0.15) is 0 Å². The van der Waals surface area contributed by atoms with Crippen LogP contribution in [-0.4, -0.2) is 8.07 Å². The van der Waals surface area contributed by atoms with Crippen LogP contribution in [0.3, 0.4) is 0 Å². The number of unbranched alkanes of at least 4 members (excludes halogenated alkanes) is 1. The molecule has 0 aliphatic heterocycles. The van der Waals surface area contributed by atoms with E-state index in [1.807, 2.05) is 6.08 Å². The van der Waals surface area contributed by atoms with Crippen molar-refractivity contribution in [3.63, 3.8) is 0 Å². The standard InChI is InChI=1S/C11H13F.C11H22Si/c1-2-3-4-5-10-6-8-11(12)9-7-10;1-8-12(9(2)3,10(4)5)11(6)7/h4-9H,2-3H2,1H3;1,9-11H,2-7H3/b5-4+;. The highest BCUT2D eigenvalue weighted by Crippen LogP contribution is 2.40. The quantitative estimate of drug-likeness (QED) is 0.370. The van der Waals surface area contributed by atoms with Crippen LogP contribution in [0.25, 0.3) is 6.08 Å². The van der Waals surface area contributed by atoms with E-state index in [4.69, 9.17) is 6.42 Å². The van der Waals surface area contributed by atoms with E-state index in [1.165, 1.54) is 12.1 Å². The molecule has 0 spiro atoms. The molecule has 0 heterocycles. The summed E-state index contributed by atoms with van der Waals surface area (Å²) in [6, 6.07) is 6.51. The first-order valence-electron chi connectivity index (χ1n) is 9.12. The first-order valence-corrected chi connectivity index (χ1v) is 11.3. The second-order valence-electron chi connectivity index (χ2n) is 7.28. The second-order valence-corrected chi connectivity index (χ2v) is 12.9. The molecule has 0 saturated carbocycles. The zero-order valence-electron chi connectivity index (χ0n) is 16.6. The minimum Gasteiger partial charge on any atom is -0.207 e. The van der Waals surface area contributed by atoms with Crippen LogP contribution < -0.4 is 0 Å². The Labute approximate surface area is 150 Å². The first-order chi connectivity index (χ1) is 11.2. The Balaban J connectivity index is 0.000000441. The average molecular weight is 347 g/mol. The fraction of sp³-hybridized carbons (Fsp3) is 0.545. The third kappa shape index (κ3) is 6.65. The van der Waals surface area contributed by atoms with E-state index >= 15 is 0 Å². The Morgan fingerprint density at radius 1 is 1.00 bits per heavy atom. The molecule has 0 amide bonds. The summed E-state index contributed by atoms with van der Waals surface area (Å²) in [5.74, 6) is -0.178. The predicted octanol–water partition coefficient (Wildman–Crippen LogP) is 7.48. The fourth-order valence-electron chi connectivity index (χ4n) is 3.46. The summed E-state index contributed by atoms with van der Waals surface area (Å²) >= 11 is 0. The van der Waals surface area contributed by atoms with Crippen LogP contribution in [-0.2, 0) is 0 Å². The molecule has 1 aromatic carbocycles. The van der Waals surface area contributed by atoms with Crippen molar-refractivity contribution in [3.8, 4) is 12.0 Å². The van der Waals surface area contributed by atoms with Gasteiger partial charge in [-0.1, -0.05) is 79.2 Å². The SMILES string of the molecule is C#C[Si](C(C)C)(C(C)C)C(C)C.CCC/C=C/c1ccc(F)cc1. The lowest BCUT2D eigenvalue weighted by Crippen LogP contribution is -2.43. The Bertz CT molecular complexity index is 496. The van der Waals surface area contributed by atoms with Crippen molar-refractivity contribution < 1.29 is 4.39 Å². The molecule has 2 heteroatoms. The number of allylic oxidation sites excluding steroid dienone is 1. The number of hydrogen-bond donors (Lipinski definition) is 0. The van der Waals surface area contributed by atoms with E-state index in [2.05, 4.69) is 60.1 Å². The van der Waals surface area contributed by atoms with Gasteiger partial charge in [0, 0.05) is 0 Å². The maximum Gasteiger partial charge on any atom is 0.145 e. The Kier molecular flexibility index (Phi) is 10.6. The maximum atomic E-state index is 12.5. The molecule has 0 fully saturated rings. The van der Waals surface area contributed by atoms with Crippen molar-refractivity contribution in [3.05, 3.63) is 41.7 Å². The lowest BCUT2D eigenvalue weighted by atomic mass is 10.2. The first kappa shape index (κ1) is 22.7. The molecule has 0 nitrogen and oxygen atoms in total. The molecule has 0 saturated heterocycles. The highest BCUT2D eigenvalue weighted by Gasteiger charge is 2.41. The molecule has 0 unspecified atom stereocenters. The molecule has 0 atom stereocenters. The highest BCUT2D eigenvalue weighted by atomic mass is 28.3. The zero-order valence-corrected chi connectivity index (χ0v) is 17.6. The minimum absolute atomic E-state index is 0.178. The molecule has 1 aromatic rings. The summed E-state index contributed by atoms with van der Waals surface area (Å²) in [7, 11) is -1.47. The van der Waals surface area contributed by atoms with Gasteiger partial charge in [0.2, 0.25) is 0 Å². The zero-order chi connectivity index (χ0) is 18.8.